The van der Waals surface area contributed by atoms with E-state index >= 15 is 0 Å². The van der Waals surface area contributed by atoms with E-state index in [1.165, 1.54) is 6.07 Å². The second kappa shape index (κ2) is 5.60. The normalized spacial score (nSPS) is 10.9. The first-order valence-electron chi connectivity index (χ1n) is 6.71. The molecule has 5 nitrogen and oxygen atoms in total. The number of nitrogens with two attached hydrogens (primary N) is 1. The van der Waals surface area contributed by atoms with Gasteiger partial charge in [-0.15, -0.1) is 0 Å². The highest BCUT2D eigenvalue weighted by Crippen LogP contribution is 2.25. The predicted octanol–water partition coefficient (Wildman–Crippen LogP) is 1.83. The summed E-state index contributed by atoms with van der Waals surface area (Å²) in [6, 6.07) is 9.90. The van der Waals surface area contributed by atoms with Gasteiger partial charge in [0.15, 0.2) is 11.6 Å². The fourth-order valence-corrected chi connectivity index (χ4v) is 2.35. The largest absolute Gasteiger partial charge is 0.368 e. The van der Waals surface area contributed by atoms with Crippen molar-refractivity contribution in [2.45, 2.75) is 6.54 Å². The molecule has 1 aromatic heterocycles. The summed E-state index contributed by atoms with van der Waals surface area (Å²) in [4.78, 5) is 23.4. The summed E-state index contributed by atoms with van der Waals surface area (Å²) in [6.45, 7) is -0.402. The Morgan fingerprint density at radius 2 is 1.78 bits per heavy atom. The van der Waals surface area contributed by atoms with E-state index in [-0.39, 0.29) is 5.69 Å². The van der Waals surface area contributed by atoms with Crippen LogP contribution in [0.5, 0.6) is 0 Å². The van der Waals surface area contributed by atoms with Gasteiger partial charge in [-0.25, -0.2) is 13.5 Å². The summed E-state index contributed by atoms with van der Waals surface area (Å²) in [5, 5.41) is 4.88. The summed E-state index contributed by atoms with van der Waals surface area (Å²) in [5.74, 6) is -2.74. The van der Waals surface area contributed by atoms with Crippen LogP contribution in [0, 0.1) is 11.6 Å². The highest BCUT2D eigenvalue weighted by Gasteiger charge is 2.14. The third kappa shape index (κ3) is 2.68. The Bertz CT molecular complexity index is 983. The third-order valence-corrected chi connectivity index (χ3v) is 3.37. The molecule has 0 bridgehead atoms. The summed E-state index contributed by atoms with van der Waals surface area (Å²) >= 11 is 0. The Balaban J connectivity index is 2.34. The fraction of sp³-hybridized carbons (Fsp3) is 0.0625. The van der Waals surface area contributed by atoms with Crippen LogP contribution in [0.15, 0.2) is 47.3 Å². The van der Waals surface area contributed by atoms with E-state index in [1.54, 1.807) is 24.3 Å². The number of halogens is 2. The van der Waals surface area contributed by atoms with Crippen LogP contribution in [0.4, 0.5) is 8.78 Å². The van der Waals surface area contributed by atoms with Crippen LogP contribution in [0.1, 0.15) is 0 Å². The summed E-state index contributed by atoms with van der Waals surface area (Å²) in [7, 11) is 0. The minimum atomic E-state index is -1.03. The maximum atomic E-state index is 13.5. The number of amides is 1. The predicted molar refractivity (Wildman–Crippen MR) is 80.5 cm³/mol. The summed E-state index contributed by atoms with van der Waals surface area (Å²) < 4.78 is 27.6. The lowest BCUT2D eigenvalue weighted by Crippen LogP contribution is -2.30. The number of carbonyl (C=O) groups excluding carboxylic acids is 1. The molecule has 23 heavy (non-hydrogen) atoms. The second-order valence-electron chi connectivity index (χ2n) is 4.95. The smallest absolute Gasteiger partial charge is 0.275 e. The molecule has 0 aliphatic carbocycles. The SMILES string of the molecule is NC(=O)Cn1nc(-c2ccc(F)c(F)c2)c2ccccc2c1=O. The number of nitrogens with zero attached hydrogens (tertiary/aromatic N) is 2. The molecule has 3 aromatic rings. The zero-order valence-corrected chi connectivity index (χ0v) is 11.8. The zero-order chi connectivity index (χ0) is 16.6. The van der Waals surface area contributed by atoms with Gasteiger partial charge in [0, 0.05) is 10.9 Å². The van der Waals surface area contributed by atoms with Crippen molar-refractivity contribution in [2.75, 3.05) is 0 Å². The van der Waals surface area contributed by atoms with Gasteiger partial charge in [0.25, 0.3) is 5.56 Å². The van der Waals surface area contributed by atoms with E-state index in [1.807, 2.05) is 0 Å². The molecule has 0 aliphatic rings. The van der Waals surface area contributed by atoms with Crippen molar-refractivity contribution in [1.29, 1.82) is 0 Å². The molecule has 1 heterocycles. The van der Waals surface area contributed by atoms with Gasteiger partial charge in [0.05, 0.1) is 11.1 Å². The second-order valence-corrected chi connectivity index (χ2v) is 4.95. The lowest BCUT2D eigenvalue weighted by molar-refractivity contribution is -0.118. The van der Waals surface area contributed by atoms with Gasteiger partial charge in [-0.05, 0) is 24.3 Å². The highest BCUT2D eigenvalue weighted by atomic mass is 19.2. The van der Waals surface area contributed by atoms with Crippen LogP contribution in [0.2, 0.25) is 0 Å². The van der Waals surface area contributed by atoms with Gasteiger partial charge in [0.1, 0.15) is 6.54 Å². The van der Waals surface area contributed by atoms with Crippen LogP contribution in [0.25, 0.3) is 22.0 Å². The van der Waals surface area contributed by atoms with Gasteiger partial charge < -0.3 is 5.73 Å². The Kier molecular flexibility index (Phi) is 3.61. The number of benzene rings is 2. The number of fused-ring (bicyclic) bond motifs is 1. The summed E-state index contributed by atoms with van der Waals surface area (Å²) in [5.41, 5.74) is 5.20. The Morgan fingerprint density at radius 1 is 1.09 bits per heavy atom. The Labute approximate surface area is 129 Å². The average Bonchev–Trinajstić information content (AvgIpc) is 2.52. The van der Waals surface area contributed by atoms with Gasteiger partial charge in [0.2, 0.25) is 5.91 Å². The molecule has 0 saturated carbocycles. The van der Waals surface area contributed by atoms with Crippen molar-refractivity contribution < 1.29 is 13.6 Å². The molecule has 116 valence electrons. The molecule has 7 heteroatoms. The maximum Gasteiger partial charge on any atom is 0.275 e. The number of carbonyl (C=O) groups is 1. The van der Waals surface area contributed by atoms with Gasteiger partial charge in [-0.2, -0.15) is 5.10 Å². The molecule has 0 radical (unpaired) electrons. The Morgan fingerprint density at radius 3 is 2.43 bits per heavy atom. The molecule has 0 saturated heterocycles. The minimum Gasteiger partial charge on any atom is -0.368 e. The van der Waals surface area contributed by atoms with Crippen molar-refractivity contribution in [2.24, 2.45) is 5.73 Å². The first-order chi connectivity index (χ1) is 11.0. The first kappa shape index (κ1) is 14.8. The Hall–Kier alpha value is -3.09. The van der Waals surface area contributed by atoms with Gasteiger partial charge in [-0.3, -0.25) is 9.59 Å². The number of hydrogen-bond donors (Lipinski definition) is 1. The standard InChI is InChI=1S/C16H11F2N3O2/c17-12-6-5-9(7-13(12)18)15-10-3-1-2-4-11(10)16(23)21(20-15)8-14(19)22/h1-7H,8H2,(H2,19,22). The van der Waals surface area contributed by atoms with E-state index < -0.39 is 29.6 Å². The highest BCUT2D eigenvalue weighted by molar-refractivity contribution is 5.93. The quantitative estimate of drug-likeness (QED) is 0.801. The lowest BCUT2D eigenvalue weighted by atomic mass is 10.0. The average molecular weight is 315 g/mol. The molecular weight excluding hydrogens is 304 g/mol. The summed E-state index contributed by atoms with van der Waals surface area (Å²) in [6.07, 6.45) is 0. The first-order valence-corrected chi connectivity index (χ1v) is 6.71. The molecule has 0 spiro atoms. The molecule has 2 N–H and O–H groups in total. The van der Waals surface area contributed by atoms with Crippen LogP contribution >= 0.6 is 0 Å². The molecular formula is C16H11F2N3O2. The van der Waals surface area contributed by atoms with Crippen molar-refractivity contribution in [3.8, 4) is 11.3 Å². The molecule has 0 aliphatic heterocycles. The van der Waals surface area contributed by atoms with Crippen LogP contribution in [-0.2, 0) is 11.3 Å². The number of aromatic nitrogens is 2. The van der Waals surface area contributed by atoms with E-state index in [9.17, 15) is 18.4 Å². The molecule has 1 amide bonds. The van der Waals surface area contributed by atoms with E-state index in [0.29, 0.717) is 16.3 Å². The molecule has 0 fully saturated rings. The maximum absolute atomic E-state index is 13.5. The van der Waals surface area contributed by atoms with Gasteiger partial charge >= 0.3 is 0 Å². The number of primary amides is 1. The topological polar surface area (TPSA) is 78.0 Å². The van der Waals surface area contributed by atoms with Crippen molar-refractivity contribution in [3.63, 3.8) is 0 Å². The monoisotopic (exact) mass is 315 g/mol. The van der Waals surface area contributed by atoms with E-state index in [4.69, 9.17) is 5.73 Å². The zero-order valence-electron chi connectivity index (χ0n) is 11.8. The van der Waals surface area contributed by atoms with E-state index in [0.717, 1.165) is 16.8 Å². The lowest BCUT2D eigenvalue weighted by Gasteiger charge is -2.10. The van der Waals surface area contributed by atoms with E-state index in [2.05, 4.69) is 5.10 Å². The van der Waals surface area contributed by atoms with Crippen LogP contribution in [0.3, 0.4) is 0 Å². The molecule has 0 unspecified atom stereocenters. The van der Waals surface area contributed by atoms with Crippen molar-refractivity contribution in [1.82, 2.24) is 9.78 Å². The molecule has 2 aromatic carbocycles. The molecule has 0 atom stereocenters. The van der Waals surface area contributed by atoms with Crippen LogP contribution in [-0.4, -0.2) is 15.7 Å². The fourth-order valence-electron chi connectivity index (χ4n) is 2.35. The van der Waals surface area contributed by atoms with Crippen LogP contribution < -0.4 is 11.3 Å². The van der Waals surface area contributed by atoms with Crippen molar-refractivity contribution in [3.05, 3.63) is 64.5 Å². The minimum absolute atomic E-state index is 0.264. The molecule has 3 rings (SSSR count). The van der Waals surface area contributed by atoms with Crippen molar-refractivity contribution >= 4 is 16.7 Å². The van der Waals surface area contributed by atoms with Gasteiger partial charge in [-0.1, -0.05) is 18.2 Å². The number of hydrogen-bond acceptors (Lipinski definition) is 3. The number of rotatable bonds is 3. The third-order valence-electron chi connectivity index (χ3n) is 3.37.